The van der Waals surface area contributed by atoms with Crippen LogP contribution in [-0.2, 0) is 16.0 Å². The summed E-state index contributed by atoms with van der Waals surface area (Å²) in [5.41, 5.74) is 6.12. The first-order valence-corrected chi connectivity index (χ1v) is 9.07. The van der Waals surface area contributed by atoms with Crippen molar-refractivity contribution in [3.8, 4) is 0 Å². The lowest BCUT2D eigenvalue weighted by molar-refractivity contribution is -0.117. The third kappa shape index (κ3) is 4.72. The molecule has 0 atom stereocenters. The Labute approximate surface area is 156 Å². The standard InChI is InChI=1S/C22H28N2O2/c1-6-19-9-7-8-16(3)22(19)24(18(5)25)13-12-21(26)23-20-11-10-15(2)14-17(20)4/h7-11,14H,6,12-13H2,1-5H3,(H,23,26). The quantitative estimate of drug-likeness (QED) is 0.829. The molecule has 2 aromatic carbocycles. The zero-order chi connectivity index (χ0) is 19.3. The number of para-hydroxylation sites is 1. The maximum Gasteiger partial charge on any atom is 0.226 e. The van der Waals surface area contributed by atoms with Gasteiger partial charge in [-0.05, 0) is 49.9 Å². The van der Waals surface area contributed by atoms with E-state index in [1.54, 1.807) is 11.8 Å². The molecule has 0 bridgehead atoms. The lowest BCUT2D eigenvalue weighted by Gasteiger charge is -2.25. The Bertz CT molecular complexity index is 812. The molecular formula is C22H28N2O2. The van der Waals surface area contributed by atoms with Gasteiger partial charge in [-0.3, -0.25) is 9.59 Å². The van der Waals surface area contributed by atoms with E-state index in [2.05, 4.69) is 12.2 Å². The fourth-order valence-corrected chi connectivity index (χ4v) is 3.20. The van der Waals surface area contributed by atoms with Crippen LogP contribution in [0.25, 0.3) is 0 Å². The van der Waals surface area contributed by atoms with E-state index < -0.39 is 0 Å². The van der Waals surface area contributed by atoms with E-state index in [0.717, 1.165) is 40.0 Å². The molecule has 138 valence electrons. The molecule has 0 heterocycles. The normalized spacial score (nSPS) is 10.5. The number of carbonyl (C=O) groups is 2. The minimum atomic E-state index is -0.0881. The molecule has 0 radical (unpaired) electrons. The molecule has 4 nitrogen and oxygen atoms in total. The van der Waals surface area contributed by atoms with E-state index in [1.807, 2.05) is 57.2 Å². The number of hydrogen-bond donors (Lipinski definition) is 1. The topological polar surface area (TPSA) is 49.4 Å². The van der Waals surface area contributed by atoms with Gasteiger partial charge in [0.2, 0.25) is 11.8 Å². The second-order valence-corrected chi connectivity index (χ2v) is 6.72. The Morgan fingerprint density at radius 1 is 1.04 bits per heavy atom. The number of nitrogens with zero attached hydrogens (tertiary/aromatic N) is 1. The SMILES string of the molecule is CCc1cccc(C)c1N(CCC(=O)Nc1ccc(C)cc1C)C(C)=O. The van der Waals surface area contributed by atoms with E-state index in [-0.39, 0.29) is 18.2 Å². The van der Waals surface area contributed by atoms with E-state index in [0.29, 0.717) is 6.54 Å². The highest BCUT2D eigenvalue weighted by molar-refractivity contribution is 5.96. The van der Waals surface area contributed by atoms with E-state index in [9.17, 15) is 9.59 Å². The Morgan fingerprint density at radius 2 is 1.77 bits per heavy atom. The van der Waals surface area contributed by atoms with Gasteiger partial charge in [0, 0.05) is 31.3 Å². The number of anilines is 2. The van der Waals surface area contributed by atoms with Crippen LogP contribution in [0.5, 0.6) is 0 Å². The zero-order valence-electron chi connectivity index (χ0n) is 16.3. The number of aryl methyl sites for hydroxylation is 4. The van der Waals surface area contributed by atoms with Crippen LogP contribution in [0.3, 0.4) is 0 Å². The molecule has 0 unspecified atom stereocenters. The van der Waals surface area contributed by atoms with Crippen LogP contribution in [0.1, 0.15) is 42.5 Å². The van der Waals surface area contributed by atoms with E-state index >= 15 is 0 Å². The summed E-state index contributed by atoms with van der Waals surface area (Å²) < 4.78 is 0. The number of amides is 2. The van der Waals surface area contributed by atoms with Gasteiger partial charge in [-0.15, -0.1) is 0 Å². The summed E-state index contributed by atoms with van der Waals surface area (Å²) in [5, 5.41) is 2.95. The van der Waals surface area contributed by atoms with E-state index in [4.69, 9.17) is 0 Å². The fraction of sp³-hybridized carbons (Fsp3) is 0.364. The number of hydrogen-bond acceptors (Lipinski definition) is 2. The summed E-state index contributed by atoms with van der Waals surface area (Å²) in [4.78, 5) is 26.3. The van der Waals surface area contributed by atoms with Crippen molar-refractivity contribution in [1.82, 2.24) is 0 Å². The van der Waals surface area contributed by atoms with Crippen LogP contribution in [0.4, 0.5) is 11.4 Å². The van der Waals surface area contributed by atoms with Gasteiger partial charge in [-0.25, -0.2) is 0 Å². The molecule has 0 saturated carbocycles. The molecule has 0 aliphatic carbocycles. The summed E-state index contributed by atoms with van der Waals surface area (Å²) in [6.45, 7) is 9.99. The van der Waals surface area contributed by atoms with Gasteiger partial charge in [0.25, 0.3) is 0 Å². The van der Waals surface area contributed by atoms with Crippen LogP contribution in [0.15, 0.2) is 36.4 Å². The van der Waals surface area contributed by atoms with Crippen LogP contribution in [0, 0.1) is 20.8 Å². The molecule has 0 aliphatic rings. The van der Waals surface area contributed by atoms with E-state index in [1.165, 1.54) is 0 Å². The summed E-state index contributed by atoms with van der Waals surface area (Å²) in [5.74, 6) is -0.136. The monoisotopic (exact) mass is 352 g/mol. The highest BCUT2D eigenvalue weighted by Gasteiger charge is 2.18. The highest BCUT2D eigenvalue weighted by Crippen LogP contribution is 2.26. The Balaban J connectivity index is 2.12. The first-order chi connectivity index (χ1) is 12.3. The Morgan fingerprint density at radius 3 is 2.38 bits per heavy atom. The average molecular weight is 352 g/mol. The third-order valence-corrected chi connectivity index (χ3v) is 4.57. The predicted molar refractivity (Wildman–Crippen MR) is 108 cm³/mol. The molecule has 0 aliphatic heterocycles. The number of benzene rings is 2. The average Bonchev–Trinajstić information content (AvgIpc) is 2.58. The van der Waals surface area contributed by atoms with Gasteiger partial charge in [-0.1, -0.05) is 42.8 Å². The first kappa shape index (κ1) is 19.7. The summed E-state index contributed by atoms with van der Waals surface area (Å²) in [7, 11) is 0. The van der Waals surface area contributed by atoms with Gasteiger partial charge in [0.1, 0.15) is 0 Å². The van der Waals surface area contributed by atoms with Crippen molar-refractivity contribution in [2.45, 2.75) is 47.5 Å². The number of rotatable bonds is 6. The second kappa shape index (κ2) is 8.65. The molecule has 26 heavy (non-hydrogen) atoms. The highest BCUT2D eigenvalue weighted by atomic mass is 16.2. The van der Waals surface area contributed by atoms with Crippen molar-refractivity contribution in [1.29, 1.82) is 0 Å². The summed E-state index contributed by atoms with van der Waals surface area (Å²) in [6.07, 6.45) is 1.10. The maximum atomic E-state index is 12.4. The van der Waals surface area contributed by atoms with Gasteiger partial charge in [0.15, 0.2) is 0 Å². The smallest absolute Gasteiger partial charge is 0.226 e. The minimum Gasteiger partial charge on any atom is -0.326 e. The van der Waals surface area contributed by atoms with Gasteiger partial charge in [-0.2, -0.15) is 0 Å². The van der Waals surface area contributed by atoms with Gasteiger partial charge < -0.3 is 10.2 Å². The van der Waals surface area contributed by atoms with Gasteiger partial charge in [0.05, 0.1) is 0 Å². The first-order valence-electron chi connectivity index (χ1n) is 9.07. The lowest BCUT2D eigenvalue weighted by Crippen LogP contribution is -2.33. The van der Waals surface area contributed by atoms with Crippen LogP contribution < -0.4 is 10.2 Å². The van der Waals surface area contributed by atoms with Crippen molar-refractivity contribution in [2.75, 3.05) is 16.8 Å². The molecular weight excluding hydrogens is 324 g/mol. The molecule has 0 aromatic heterocycles. The lowest BCUT2D eigenvalue weighted by atomic mass is 10.0. The molecule has 0 fully saturated rings. The van der Waals surface area contributed by atoms with Gasteiger partial charge >= 0.3 is 0 Å². The molecule has 2 amide bonds. The summed E-state index contributed by atoms with van der Waals surface area (Å²) in [6, 6.07) is 12.0. The van der Waals surface area contributed by atoms with Crippen LogP contribution in [-0.4, -0.2) is 18.4 Å². The van der Waals surface area contributed by atoms with Crippen LogP contribution in [0.2, 0.25) is 0 Å². The largest absolute Gasteiger partial charge is 0.326 e. The van der Waals surface area contributed by atoms with Crippen molar-refractivity contribution in [3.05, 3.63) is 58.7 Å². The molecule has 1 N–H and O–H groups in total. The minimum absolute atomic E-state index is 0.0479. The van der Waals surface area contributed by atoms with Crippen molar-refractivity contribution >= 4 is 23.2 Å². The molecule has 2 rings (SSSR count). The second-order valence-electron chi connectivity index (χ2n) is 6.72. The third-order valence-electron chi connectivity index (χ3n) is 4.57. The Kier molecular flexibility index (Phi) is 6.56. The Hall–Kier alpha value is -2.62. The molecule has 2 aromatic rings. The zero-order valence-corrected chi connectivity index (χ0v) is 16.3. The maximum absolute atomic E-state index is 12.4. The molecule has 4 heteroatoms. The van der Waals surface area contributed by atoms with Crippen molar-refractivity contribution in [2.24, 2.45) is 0 Å². The molecule has 0 saturated heterocycles. The van der Waals surface area contributed by atoms with Crippen LogP contribution >= 0.6 is 0 Å². The van der Waals surface area contributed by atoms with Crippen molar-refractivity contribution < 1.29 is 9.59 Å². The van der Waals surface area contributed by atoms with Crippen molar-refractivity contribution in [3.63, 3.8) is 0 Å². The summed E-state index contributed by atoms with van der Waals surface area (Å²) >= 11 is 0. The predicted octanol–water partition coefficient (Wildman–Crippen LogP) is 4.56. The molecule has 0 spiro atoms. The number of nitrogens with one attached hydrogen (secondary N) is 1. The fourth-order valence-electron chi connectivity index (χ4n) is 3.20. The number of carbonyl (C=O) groups excluding carboxylic acids is 2.